The van der Waals surface area contributed by atoms with E-state index in [1.165, 1.54) is 25.9 Å². The van der Waals surface area contributed by atoms with Gasteiger partial charge in [0.25, 0.3) is 0 Å². The Morgan fingerprint density at radius 2 is 1.59 bits per heavy atom. The van der Waals surface area contributed by atoms with Crippen molar-refractivity contribution in [1.29, 1.82) is 0 Å². The lowest BCUT2D eigenvalue weighted by molar-refractivity contribution is 0.0594. The SMILES string of the molecule is CCC(C)(C)CC(C)(C)N1CCNCC1.NS. The first-order valence-electron chi connectivity index (χ1n) is 6.59. The number of hydrogen-bond acceptors (Lipinski definition) is 4. The molecule has 0 aromatic heterocycles. The average molecular weight is 261 g/mol. The molecule has 17 heavy (non-hydrogen) atoms. The van der Waals surface area contributed by atoms with Gasteiger partial charge in [-0.3, -0.25) is 10.0 Å². The molecule has 0 aromatic rings. The lowest BCUT2D eigenvalue weighted by Crippen LogP contribution is -2.54. The highest BCUT2D eigenvalue weighted by molar-refractivity contribution is 7.77. The van der Waals surface area contributed by atoms with E-state index in [-0.39, 0.29) is 0 Å². The molecule has 0 bridgehead atoms. The summed E-state index contributed by atoms with van der Waals surface area (Å²) in [7, 11) is 0. The molecule has 4 heteroatoms. The second-order valence-electron chi connectivity index (χ2n) is 6.24. The van der Waals surface area contributed by atoms with E-state index in [0.29, 0.717) is 11.0 Å². The number of hydrogen-bond donors (Lipinski definition) is 3. The molecule has 0 aromatic carbocycles. The van der Waals surface area contributed by atoms with E-state index in [2.05, 4.69) is 62.8 Å². The molecule has 1 saturated heterocycles. The van der Waals surface area contributed by atoms with Gasteiger partial charge in [-0.2, -0.15) is 0 Å². The summed E-state index contributed by atoms with van der Waals surface area (Å²) in [5.74, 6) is 0. The molecule has 0 atom stereocenters. The van der Waals surface area contributed by atoms with Crippen molar-refractivity contribution < 1.29 is 0 Å². The monoisotopic (exact) mass is 261 g/mol. The summed E-state index contributed by atoms with van der Waals surface area (Å²) in [4.78, 5) is 2.64. The number of thiol groups is 1. The minimum atomic E-state index is 0.349. The van der Waals surface area contributed by atoms with Gasteiger partial charge in [0, 0.05) is 31.7 Å². The van der Waals surface area contributed by atoms with Gasteiger partial charge in [0.2, 0.25) is 0 Å². The minimum Gasteiger partial charge on any atom is -0.314 e. The average Bonchev–Trinajstić information content (AvgIpc) is 2.32. The van der Waals surface area contributed by atoms with E-state index in [1.54, 1.807) is 0 Å². The Kier molecular flexibility index (Phi) is 7.72. The van der Waals surface area contributed by atoms with Gasteiger partial charge < -0.3 is 5.32 Å². The molecule has 1 heterocycles. The topological polar surface area (TPSA) is 41.3 Å². The summed E-state index contributed by atoms with van der Waals surface area (Å²) in [6.45, 7) is 16.6. The van der Waals surface area contributed by atoms with Gasteiger partial charge >= 0.3 is 0 Å². The van der Waals surface area contributed by atoms with Gasteiger partial charge in [0.05, 0.1) is 0 Å². The smallest absolute Gasteiger partial charge is 0.0159 e. The Labute approximate surface area is 113 Å². The third-order valence-corrected chi connectivity index (χ3v) is 3.84. The van der Waals surface area contributed by atoms with Crippen LogP contribution in [0.2, 0.25) is 0 Å². The fraction of sp³-hybridized carbons (Fsp3) is 1.00. The van der Waals surface area contributed by atoms with Crippen molar-refractivity contribution in [2.75, 3.05) is 26.2 Å². The molecule has 3 N–H and O–H groups in total. The largest absolute Gasteiger partial charge is 0.314 e. The van der Waals surface area contributed by atoms with E-state index < -0.39 is 0 Å². The fourth-order valence-corrected chi connectivity index (χ4v) is 2.68. The molecule has 0 amide bonds. The number of nitrogens with two attached hydrogens (primary N) is 1. The molecular formula is C13H31N3S. The van der Waals surface area contributed by atoms with Crippen LogP contribution in [-0.4, -0.2) is 36.6 Å². The van der Waals surface area contributed by atoms with Crippen LogP contribution >= 0.6 is 12.8 Å². The third-order valence-electron chi connectivity index (χ3n) is 3.84. The van der Waals surface area contributed by atoms with Crippen molar-refractivity contribution in [3.05, 3.63) is 0 Å². The third kappa shape index (κ3) is 6.09. The molecule has 1 aliphatic rings. The quantitative estimate of drug-likeness (QED) is 0.680. The van der Waals surface area contributed by atoms with Crippen molar-refractivity contribution in [1.82, 2.24) is 10.2 Å². The fourth-order valence-electron chi connectivity index (χ4n) is 2.68. The van der Waals surface area contributed by atoms with Gasteiger partial charge in [0.1, 0.15) is 0 Å². The van der Waals surface area contributed by atoms with E-state index in [4.69, 9.17) is 0 Å². The minimum absolute atomic E-state index is 0.349. The first kappa shape index (κ1) is 17.2. The number of rotatable bonds is 4. The number of nitrogens with zero attached hydrogens (tertiary/aromatic N) is 1. The van der Waals surface area contributed by atoms with Crippen LogP contribution in [0.25, 0.3) is 0 Å². The summed E-state index contributed by atoms with van der Waals surface area (Å²) >= 11 is 3.03. The van der Waals surface area contributed by atoms with Crippen molar-refractivity contribution >= 4 is 12.8 Å². The molecule has 0 saturated carbocycles. The Morgan fingerprint density at radius 1 is 1.12 bits per heavy atom. The van der Waals surface area contributed by atoms with Crippen LogP contribution in [0.4, 0.5) is 0 Å². The van der Waals surface area contributed by atoms with Gasteiger partial charge in [0.15, 0.2) is 0 Å². The summed E-state index contributed by atoms with van der Waals surface area (Å²) in [5.41, 5.74) is 0.815. The molecule has 0 unspecified atom stereocenters. The Bertz CT molecular complexity index is 199. The maximum absolute atomic E-state index is 4.19. The van der Waals surface area contributed by atoms with Crippen LogP contribution in [0.3, 0.4) is 0 Å². The highest BCUT2D eigenvalue weighted by Crippen LogP contribution is 2.34. The van der Waals surface area contributed by atoms with Crippen LogP contribution < -0.4 is 10.5 Å². The van der Waals surface area contributed by atoms with Gasteiger partial charge in [-0.15, -0.1) is 12.8 Å². The Hall–Kier alpha value is 0.230. The summed E-state index contributed by atoms with van der Waals surface area (Å²) < 4.78 is 0. The molecular weight excluding hydrogens is 230 g/mol. The highest BCUT2D eigenvalue weighted by Gasteiger charge is 2.33. The van der Waals surface area contributed by atoms with E-state index in [9.17, 15) is 0 Å². The van der Waals surface area contributed by atoms with Crippen LogP contribution in [0, 0.1) is 5.41 Å². The van der Waals surface area contributed by atoms with Crippen LogP contribution in [0.15, 0.2) is 0 Å². The highest BCUT2D eigenvalue weighted by atomic mass is 32.1. The van der Waals surface area contributed by atoms with E-state index in [0.717, 1.165) is 13.1 Å². The summed E-state index contributed by atoms with van der Waals surface area (Å²) in [5, 5.41) is 7.62. The second-order valence-corrected chi connectivity index (χ2v) is 6.24. The molecule has 1 rings (SSSR count). The number of piperazine rings is 1. The Morgan fingerprint density at radius 3 is 2.00 bits per heavy atom. The molecule has 3 nitrogen and oxygen atoms in total. The first-order valence-corrected chi connectivity index (χ1v) is 7.11. The lowest BCUT2D eigenvalue weighted by Gasteiger charge is -2.45. The lowest BCUT2D eigenvalue weighted by atomic mass is 9.77. The van der Waals surface area contributed by atoms with Crippen molar-refractivity contribution in [3.63, 3.8) is 0 Å². The zero-order valence-electron chi connectivity index (χ0n) is 12.2. The zero-order valence-corrected chi connectivity index (χ0v) is 13.1. The molecule has 0 spiro atoms. The maximum atomic E-state index is 4.19. The van der Waals surface area contributed by atoms with Gasteiger partial charge in [-0.25, -0.2) is 0 Å². The first-order chi connectivity index (χ1) is 7.87. The Balaban J connectivity index is 0.00000121. The van der Waals surface area contributed by atoms with E-state index >= 15 is 0 Å². The molecule has 1 fully saturated rings. The van der Waals surface area contributed by atoms with Crippen LogP contribution in [0.1, 0.15) is 47.5 Å². The predicted octanol–water partition coefficient (Wildman–Crippen LogP) is 2.29. The molecule has 0 radical (unpaired) electrons. The molecule has 1 aliphatic heterocycles. The number of nitrogens with one attached hydrogen (secondary N) is 1. The maximum Gasteiger partial charge on any atom is 0.0159 e. The second kappa shape index (κ2) is 7.62. The summed E-state index contributed by atoms with van der Waals surface area (Å²) in [6.07, 6.45) is 2.55. The summed E-state index contributed by atoms with van der Waals surface area (Å²) in [6, 6.07) is 0. The van der Waals surface area contributed by atoms with Crippen LogP contribution in [0.5, 0.6) is 0 Å². The zero-order chi connectivity index (χ0) is 13.5. The van der Waals surface area contributed by atoms with Gasteiger partial charge in [-0.1, -0.05) is 27.2 Å². The normalized spacial score (nSPS) is 18.5. The van der Waals surface area contributed by atoms with Crippen LogP contribution in [-0.2, 0) is 0 Å². The van der Waals surface area contributed by atoms with Crippen molar-refractivity contribution in [3.8, 4) is 0 Å². The van der Waals surface area contributed by atoms with Gasteiger partial charge in [-0.05, 0) is 25.7 Å². The van der Waals surface area contributed by atoms with E-state index in [1.807, 2.05) is 0 Å². The van der Waals surface area contributed by atoms with Crippen molar-refractivity contribution in [2.45, 2.75) is 53.0 Å². The van der Waals surface area contributed by atoms with Crippen molar-refractivity contribution in [2.24, 2.45) is 10.6 Å². The molecule has 104 valence electrons. The predicted molar refractivity (Wildman–Crippen MR) is 80.4 cm³/mol. The standard InChI is InChI=1S/C13H28N2.H3NS/c1-6-12(2,3)11-13(4,5)15-9-7-14-8-10-15;1-2/h14H,6-11H2,1-5H3;2H,1H2. The molecule has 0 aliphatic carbocycles.